The van der Waals surface area contributed by atoms with Gasteiger partial charge in [-0.15, -0.1) is 0 Å². The Labute approximate surface area is 268 Å². The standard InChI is InChI=1S/C38H37FN2O5/c1-37(2,3)46-36(43)40-23-38(4,24-40)34-32(26-14-16-27(17-15-26)35(42)44-5)33-30(41(34)29-20-18-28(39)19-21-29)12-9-13-31(33)45-22-25-10-7-6-8-11-25/h6-21H,22-24H2,1-5H3. The van der Waals surface area contributed by atoms with Crippen LogP contribution in [-0.2, 0) is 21.5 Å². The minimum Gasteiger partial charge on any atom is -0.488 e. The van der Waals surface area contributed by atoms with Gasteiger partial charge in [0.15, 0.2) is 0 Å². The maximum absolute atomic E-state index is 14.2. The molecule has 1 aliphatic rings. The van der Waals surface area contributed by atoms with Gasteiger partial charge in [-0.2, -0.15) is 0 Å². The van der Waals surface area contributed by atoms with Crippen molar-refractivity contribution in [3.63, 3.8) is 0 Å². The fourth-order valence-corrected chi connectivity index (χ4v) is 6.17. The summed E-state index contributed by atoms with van der Waals surface area (Å²) in [4.78, 5) is 27.1. The Kier molecular flexibility index (Phi) is 8.06. The normalized spacial score (nSPS) is 14.1. The van der Waals surface area contributed by atoms with Crippen molar-refractivity contribution in [1.29, 1.82) is 0 Å². The van der Waals surface area contributed by atoms with Crippen LogP contribution in [0.1, 0.15) is 49.3 Å². The predicted molar refractivity (Wildman–Crippen MR) is 176 cm³/mol. The summed E-state index contributed by atoms with van der Waals surface area (Å²) in [6.07, 6.45) is -0.370. The number of esters is 1. The lowest BCUT2D eigenvalue weighted by Crippen LogP contribution is -2.61. The van der Waals surface area contributed by atoms with E-state index < -0.39 is 17.0 Å². The van der Waals surface area contributed by atoms with Crippen LogP contribution in [0.25, 0.3) is 27.7 Å². The van der Waals surface area contributed by atoms with E-state index in [1.54, 1.807) is 29.2 Å². The fourth-order valence-electron chi connectivity index (χ4n) is 6.17. The molecule has 0 atom stereocenters. The number of aromatic nitrogens is 1. The molecule has 0 spiro atoms. The van der Waals surface area contributed by atoms with Gasteiger partial charge >= 0.3 is 12.1 Å². The largest absolute Gasteiger partial charge is 0.488 e. The molecule has 1 aliphatic heterocycles. The highest BCUT2D eigenvalue weighted by Crippen LogP contribution is 2.49. The van der Waals surface area contributed by atoms with Crippen LogP contribution in [0.4, 0.5) is 9.18 Å². The third-order valence-electron chi connectivity index (χ3n) is 8.18. The van der Waals surface area contributed by atoms with Crippen molar-refractivity contribution >= 4 is 23.0 Å². The Bertz CT molecular complexity index is 1880. The molecule has 46 heavy (non-hydrogen) atoms. The lowest BCUT2D eigenvalue weighted by Gasteiger charge is -2.48. The van der Waals surface area contributed by atoms with Gasteiger partial charge in [-0.05, 0) is 80.4 Å². The third kappa shape index (κ3) is 5.95. The first-order chi connectivity index (χ1) is 22.0. The molecule has 0 bridgehead atoms. The smallest absolute Gasteiger partial charge is 0.410 e. The van der Waals surface area contributed by atoms with E-state index in [0.717, 1.165) is 39.0 Å². The second kappa shape index (κ2) is 12.0. The first-order valence-corrected chi connectivity index (χ1v) is 15.2. The van der Waals surface area contributed by atoms with Crippen LogP contribution in [-0.4, -0.2) is 47.3 Å². The molecular formula is C38H37FN2O5. The highest BCUT2D eigenvalue weighted by Gasteiger charge is 2.48. The molecular weight excluding hydrogens is 583 g/mol. The van der Waals surface area contributed by atoms with Crippen LogP contribution < -0.4 is 4.74 Å². The molecule has 0 unspecified atom stereocenters. The molecule has 1 fully saturated rings. The number of carbonyl (C=O) groups is 2. The Morgan fingerprint density at radius 3 is 2.17 bits per heavy atom. The summed E-state index contributed by atoms with van der Waals surface area (Å²) in [5.74, 6) is -0.0768. The van der Waals surface area contributed by atoms with Crippen LogP contribution in [0, 0.1) is 5.82 Å². The van der Waals surface area contributed by atoms with E-state index >= 15 is 0 Å². The van der Waals surface area contributed by atoms with Crippen molar-refractivity contribution in [2.24, 2.45) is 0 Å². The number of hydrogen-bond donors (Lipinski definition) is 0. The monoisotopic (exact) mass is 620 g/mol. The van der Waals surface area contributed by atoms with E-state index in [0.29, 0.717) is 31.0 Å². The topological polar surface area (TPSA) is 70.0 Å². The molecule has 5 aromatic rings. The number of hydrogen-bond acceptors (Lipinski definition) is 5. The molecule has 0 saturated carbocycles. The molecule has 1 amide bonds. The van der Waals surface area contributed by atoms with Gasteiger partial charge in [0, 0.05) is 35.4 Å². The van der Waals surface area contributed by atoms with Gasteiger partial charge in [0.1, 0.15) is 23.8 Å². The van der Waals surface area contributed by atoms with Crippen LogP contribution in [0.5, 0.6) is 5.75 Å². The second-order valence-corrected chi connectivity index (χ2v) is 12.9. The average Bonchev–Trinajstić information content (AvgIpc) is 3.38. The van der Waals surface area contributed by atoms with E-state index in [2.05, 4.69) is 11.5 Å². The number of fused-ring (bicyclic) bond motifs is 1. The van der Waals surface area contributed by atoms with Gasteiger partial charge < -0.3 is 23.7 Å². The first kappa shape index (κ1) is 30.9. The Balaban J connectivity index is 1.57. The zero-order valence-corrected chi connectivity index (χ0v) is 26.7. The summed E-state index contributed by atoms with van der Waals surface area (Å²) in [5, 5.41) is 0.875. The SMILES string of the molecule is COC(=O)c1ccc(-c2c(C3(C)CN(C(=O)OC(C)(C)C)C3)n(-c3ccc(F)cc3)c3cccc(OCc4ccccc4)c23)cc1. The van der Waals surface area contributed by atoms with Gasteiger partial charge in [0.2, 0.25) is 0 Å². The number of methoxy groups -OCH3 is 1. The summed E-state index contributed by atoms with van der Waals surface area (Å²) in [7, 11) is 1.36. The summed E-state index contributed by atoms with van der Waals surface area (Å²) >= 11 is 0. The second-order valence-electron chi connectivity index (χ2n) is 12.9. The Morgan fingerprint density at radius 1 is 0.870 bits per heavy atom. The van der Waals surface area contributed by atoms with Gasteiger partial charge in [0.25, 0.3) is 0 Å². The number of benzene rings is 4. The van der Waals surface area contributed by atoms with Gasteiger partial charge in [0.05, 0.1) is 23.6 Å². The lowest BCUT2D eigenvalue weighted by atomic mass is 9.76. The molecule has 1 saturated heterocycles. The lowest BCUT2D eigenvalue weighted by molar-refractivity contribution is -0.00734. The molecule has 0 N–H and O–H groups in total. The number of carbonyl (C=O) groups excluding carboxylic acids is 2. The van der Waals surface area contributed by atoms with Gasteiger partial charge in [-0.25, -0.2) is 14.0 Å². The minimum atomic E-state index is -0.621. The minimum absolute atomic E-state index is 0.335. The number of halogens is 1. The van der Waals surface area contributed by atoms with Gasteiger partial charge in [-0.1, -0.05) is 55.5 Å². The van der Waals surface area contributed by atoms with Crippen LogP contribution >= 0.6 is 0 Å². The van der Waals surface area contributed by atoms with Crippen molar-refractivity contribution in [1.82, 2.24) is 9.47 Å². The van der Waals surface area contributed by atoms with Gasteiger partial charge in [-0.3, -0.25) is 0 Å². The average molecular weight is 621 g/mol. The summed E-state index contributed by atoms with van der Waals surface area (Å²) < 4.78 is 33.5. The summed E-state index contributed by atoms with van der Waals surface area (Å²) in [5.41, 5.74) is 4.68. The third-order valence-corrected chi connectivity index (χ3v) is 8.18. The molecule has 0 radical (unpaired) electrons. The fraction of sp³-hybridized carbons (Fsp3) is 0.263. The molecule has 0 aliphatic carbocycles. The zero-order valence-electron chi connectivity index (χ0n) is 26.7. The molecule has 2 heterocycles. The number of likely N-dealkylation sites (tertiary alicyclic amines) is 1. The van der Waals surface area contributed by atoms with Crippen molar-refractivity contribution in [3.05, 3.63) is 120 Å². The number of amides is 1. The van der Waals surface area contributed by atoms with Crippen molar-refractivity contribution in [2.45, 2.75) is 45.3 Å². The molecule has 6 rings (SSSR count). The Morgan fingerprint density at radius 2 is 1.54 bits per heavy atom. The Hall–Kier alpha value is -5.11. The summed E-state index contributed by atoms with van der Waals surface area (Å²) in [6, 6.07) is 29.6. The maximum Gasteiger partial charge on any atom is 0.410 e. The van der Waals surface area contributed by atoms with E-state index in [-0.39, 0.29) is 11.9 Å². The first-order valence-electron chi connectivity index (χ1n) is 15.2. The van der Waals surface area contributed by atoms with E-state index in [1.165, 1.54) is 19.2 Å². The van der Waals surface area contributed by atoms with Crippen LogP contribution in [0.2, 0.25) is 0 Å². The number of rotatable bonds is 7. The highest BCUT2D eigenvalue weighted by molar-refractivity contribution is 6.04. The van der Waals surface area contributed by atoms with E-state index in [9.17, 15) is 14.0 Å². The molecule has 4 aromatic carbocycles. The maximum atomic E-state index is 14.2. The zero-order chi connectivity index (χ0) is 32.6. The van der Waals surface area contributed by atoms with E-state index in [1.807, 2.05) is 81.4 Å². The van der Waals surface area contributed by atoms with Crippen molar-refractivity contribution < 1.29 is 28.2 Å². The highest BCUT2D eigenvalue weighted by atomic mass is 19.1. The number of ether oxygens (including phenoxy) is 3. The summed E-state index contributed by atoms with van der Waals surface area (Å²) in [6.45, 7) is 8.86. The van der Waals surface area contributed by atoms with E-state index in [4.69, 9.17) is 14.2 Å². The van der Waals surface area contributed by atoms with Crippen molar-refractivity contribution in [3.8, 4) is 22.6 Å². The van der Waals surface area contributed by atoms with Crippen LogP contribution in [0.15, 0.2) is 97.1 Å². The predicted octanol–water partition coefficient (Wildman–Crippen LogP) is 8.31. The van der Waals surface area contributed by atoms with Crippen molar-refractivity contribution in [2.75, 3.05) is 20.2 Å². The number of nitrogens with zero attached hydrogens (tertiary/aromatic N) is 2. The molecule has 8 heteroatoms. The van der Waals surface area contributed by atoms with Crippen LogP contribution in [0.3, 0.4) is 0 Å². The molecule has 7 nitrogen and oxygen atoms in total. The molecule has 1 aromatic heterocycles. The molecule has 236 valence electrons. The quantitative estimate of drug-likeness (QED) is 0.171.